The second-order valence-electron chi connectivity index (χ2n) is 4.36. The van der Waals surface area contributed by atoms with Gasteiger partial charge in [-0.1, -0.05) is 61.2 Å². The standard InChI is InChI=1S/C15H23NOS2/c1-4-13(17)14(12-10-8-7-9-11-12)19-15(18)16(5-2)6-3/h7-11,13-14,17H,4-6H2,1-3H3. The predicted octanol–water partition coefficient (Wildman–Crippen LogP) is 3.86. The second kappa shape index (κ2) is 8.56. The van der Waals surface area contributed by atoms with Crippen LogP contribution in [0, 0.1) is 0 Å². The van der Waals surface area contributed by atoms with Crippen LogP contribution < -0.4 is 0 Å². The maximum Gasteiger partial charge on any atom is 0.137 e. The molecule has 2 atom stereocenters. The van der Waals surface area contributed by atoms with Crippen LogP contribution in [0.3, 0.4) is 0 Å². The monoisotopic (exact) mass is 297 g/mol. The third-order valence-corrected chi connectivity index (χ3v) is 4.99. The molecule has 0 spiro atoms. The molecule has 2 unspecified atom stereocenters. The topological polar surface area (TPSA) is 23.5 Å². The Labute approximate surface area is 126 Å². The summed E-state index contributed by atoms with van der Waals surface area (Å²) in [6.07, 6.45) is 0.355. The molecule has 0 aliphatic carbocycles. The fraction of sp³-hybridized carbons (Fsp3) is 0.533. The van der Waals surface area contributed by atoms with Crippen molar-refractivity contribution >= 4 is 28.3 Å². The van der Waals surface area contributed by atoms with E-state index in [2.05, 4.69) is 30.9 Å². The first kappa shape index (κ1) is 16.5. The highest BCUT2D eigenvalue weighted by atomic mass is 32.2. The van der Waals surface area contributed by atoms with Crippen molar-refractivity contribution in [2.24, 2.45) is 0 Å². The molecule has 1 rings (SSSR count). The van der Waals surface area contributed by atoms with Gasteiger partial charge in [-0.25, -0.2) is 0 Å². The molecule has 19 heavy (non-hydrogen) atoms. The molecule has 0 bridgehead atoms. The van der Waals surface area contributed by atoms with E-state index < -0.39 is 0 Å². The van der Waals surface area contributed by atoms with Crippen LogP contribution in [-0.4, -0.2) is 33.5 Å². The average Bonchev–Trinajstić information content (AvgIpc) is 2.46. The Hall–Kier alpha value is -0.580. The zero-order chi connectivity index (χ0) is 14.3. The van der Waals surface area contributed by atoms with E-state index in [1.54, 1.807) is 11.8 Å². The highest BCUT2D eigenvalue weighted by Gasteiger charge is 2.23. The minimum atomic E-state index is -0.374. The summed E-state index contributed by atoms with van der Waals surface area (Å²) in [6, 6.07) is 10.1. The molecule has 2 nitrogen and oxygen atoms in total. The van der Waals surface area contributed by atoms with Crippen molar-refractivity contribution in [3.63, 3.8) is 0 Å². The number of hydrogen-bond acceptors (Lipinski definition) is 3. The Balaban J connectivity index is 2.85. The predicted molar refractivity (Wildman–Crippen MR) is 88.6 cm³/mol. The number of aliphatic hydroxyl groups excluding tert-OH is 1. The molecule has 0 aliphatic rings. The summed E-state index contributed by atoms with van der Waals surface area (Å²) in [5.41, 5.74) is 1.14. The molecular weight excluding hydrogens is 274 g/mol. The van der Waals surface area contributed by atoms with Crippen LogP contribution in [0.4, 0.5) is 0 Å². The Morgan fingerprint density at radius 3 is 2.26 bits per heavy atom. The Morgan fingerprint density at radius 2 is 1.79 bits per heavy atom. The third kappa shape index (κ3) is 4.79. The number of rotatable bonds is 6. The summed E-state index contributed by atoms with van der Waals surface area (Å²) < 4.78 is 0.867. The largest absolute Gasteiger partial charge is 0.392 e. The van der Waals surface area contributed by atoms with Gasteiger partial charge in [0.25, 0.3) is 0 Å². The van der Waals surface area contributed by atoms with Gasteiger partial charge in [-0.05, 0) is 25.8 Å². The Kier molecular flexibility index (Phi) is 7.42. The summed E-state index contributed by atoms with van der Waals surface area (Å²) in [5.74, 6) is 0. The quantitative estimate of drug-likeness (QED) is 0.806. The molecule has 0 fully saturated rings. The molecule has 0 saturated heterocycles. The maximum absolute atomic E-state index is 10.2. The third-order valence-electron chi connectivity index (χ3n) is 3.15. The lowest BCUT2D eigenvalue weighted by Gasteiger charge is -2.27. The zero-order valence-corrected chi connectivity index (χ0v) is 13.5. The van der Waals surface area contributed by atoms with Gasteiger partial charge in [0.2, 0.25) is 0 Å². The van der Waals surface area contributed by atoms with Gasteiger partial charge in [0.05, 0.1) is 11.4 Å². The van der Waals surface area contributed by atoms with Crippen molar-refractivity contribution in [3.8, 4) is 0 Å². The molecule has 0 aromatic heterocycles. The fourth-order valence-corrected chi connectivity index (χ4v) is 3.73. The van der Waals surface area contributed by atoms with Crippen LogP contribution in [0.5, 0.6) is 0 Å². The number of nitrogens with zero attached hydrogens (tertiary/aromatic N) is 1. The summed E-state index contributed by atoms with van der Waals surface area (Å²) in [7, 11) is 0. The van der Waals surface area contributed by atoms with E-state index >= 15 is 0 Å². The highest BCUT2D eigenvalue weighted by molar-refractivity contribution is 8.23. The van der Waals surface area contributed by atoms with E-state index in [-0.39, 0.29) is 11.4 Å². The first-order chi connectivity index (χ1) is 9.13. The fourth-order valence-electron chi connectivity index (χ4n) is 1.89. The molecule has 0 aliphatic heterocycles. The van der Waals surface area contributed by atoms with Crippen LogP contribution in [0.15, 0.2) is 30.3 Å². The van der Waals surface area contributed by atoms with E-state index in [1.165, 1.54) is 0 Å². The van der Waals surface area contributed by atoms with Crippen molar-refractivity contribution in [1.82, 2.24) is 4.90 Å². The SMILES string of the molecule is CCC(O)C(SC(=S)N(CC)CC)c1ccccc1. The molecule has 1 aromatic carbocycles. The van der Waals surface area contributed by atoms with Gasteiger partial charge >= 0.3 is 0 Å². The lowest BCUT2D eigenvalue weighted by atomic mass is 10.1. The van der Waals surface area contributed by atoms with Crippen LogP contribution in [0.2, 0.25) is 0 Å². The van der Waals surface area contributed by atoms with Crippen LogP contribution in [0.1, 0.15) is 38.0 Å². The molecule has 4 heteroatoms. The van der Waals surface area contributed by atoms with Gasteiger partial charge in [-0.15, -0.1) is 0 Å². The highest BCUT2D eigenvalue weighted by Crippen LogP contribution is 2.35. The summed E-state index contributed by atoms with van der Waals surface area (Å²) in [4.78, 5) is 2.15. The van der Waals surface area contributed by atoms with Gasteiger partial charge in [-0.3, -0.25) is 0 Å². The van der Waals surface area contributed by atoms with Gasteiger partial charge < -0.3 is 10.0 Å². The van der Waals surface area contributed by atoms with Gasteiger partial charge in [0.1, 0.15) is 4.32 Å². The lowest BCUT2D eigenvalue weighted by Crippen LogP contribution is -2.29. The molecular formula is C15H23NOS2. The summed E-state index contributed by atoms with van der Waals surface area (Å²) in [5, 5.41) is 10.3. The number of thiocarbonyl (C=S) groups is 1. The van der Waals surface area contributed by atoms with E-state index in [0.717, 1.165) is 29.4 Å². The van der Waals surface area contributed by atoms with Crippen molar-refractivity contribution in [3.05, 3.63) is 35.9 Å². The molecule has 106 valence electrons. The molecule has 0 radical (unpaired) electrons. The molecule has 0 saturated carbocycles. The molecule has 0 heterocycles. The van der Waals surface area contributed by atoms with E-state index in [9.17, 15) is 5.11 Å². The minimum Gasteiger partial charge on any atom is -0.392 e. The van der Waals surface area contributed by atoms with Crippen molar-refractivity contribution < 1.29 is 5.11 Å². The number of aliphatic hydroxyl groups is 1. The summed E-state index contributed by atoms with van der Waals surface area (Å²) in [6.45, 7) is 8.02. The van der Waals surface area contributed by atoms with Crippen molar-refractivity contribution in [2.75, 3.05) is 13.1 Å². The van der Waals surface area contributed by atoms with Gasteiger partial charge in [-0.2, -0.15) is 0 Å². The number of hydrogen-bond donors (Lipinski definition) is 1. The minimum absolute atomic E-state index is 0.0132. The molecule has 1 N–H and O–H groups in total. The first-order valence-corrected chi connectivity index (χ1v) is 8.11. The van der Waals surface area contributed by atoms with Crippen LogP contribution in [0.25, 0.3) is 0 Å². The van der Waals surface area contributed by atoms with Crippen LogP contribution in [-0.2, 0) is 0 Å². The van der Waals surface area contributed by atoms with E-state index in [0.29, 0.717) is 0 Å². The van der Waals surface area contributed by atoms with E-state index in [4.69, 9.17) is 12.2 Å². The smallest absolute Gasteiger partial charge is 0.137 e. The lowest BCUT2D eigenvalue weighted by molar-refractivity contribution is 0.167. The van der Waals surface area contributed by atoms with E-state index in [1.807, 2.05) is 25.1 Å². The second-order valence-corrected chi connectivity index (χ2v) is 6.14. The first-order valence-electron chi connectivity index (χ1n) is 6.82. The number of thioether (sulfide) groups is 1. The summed E-state index contributed by atoms with van der Waals surface area (Å²) >= 11 is 7.09. The zero-order valence-electron chi connectivity index (χ0n) is 11.9. The molecule has 0 amide bonds. The Morgan fingerprint density at radius 1 is 1.21 bits per heavy atom. The van der Waals surface area contributed by atoms with Gasteiger partial charge in [0, 0.05) is 13.1 Å². The van der Waals surface area contributed by atoms with Gasteiger partial charge in [0.15, 0.2) is 0 Å². The number of benzene rings is 1. The maximum atomic E-state index is 10.2. The van der Waals surface area contributed by atoms with Crippen LogP contribution >= 0.6 is 24.0 Å². The average molecular weight is 297 g/mol. The molecule has 1 aromatic rings. The van der Waals surface area contributed by atoms with Crippen molar-refractivity contribution in [2.45, 2.75) is 38.5 Å². The van der Waals surface area contributed by atoms with Crippen molar-refractivity contribution in [1.29, 1.82) is 0 Å². The Bertz CT molecular complexity index is 379. The normalized spacial score (nSPS) is 13.9.